The van der Waals surface area contributed by atoms with Crippen molar-refractivity contribution < 1.29 is 13.9 Å². The third-order valence-corrected chi connectivity index (χ3v) is 4.94. The molecule has 0 saturated heterocycles. The molecule has 1 heterocycles. The first-order valence-corrected chi connectivity index (χ1v) is 9.33. The van der Waals surface area contributed by atoms with Crippen molar-refractivity contribution in [2.24, 2.45) is 0 Å². The molecule has 28 heavy (non-hydrogen) atoms. The number of nitrogens with one attached hydrogen (secondary N) is 1. The molecule has 5 nitrogen and oxygen atoms in total. The van der Waals surface area contributed by atoms with Gasteiger partial charge in [0.05, 0.1) is 11.9 Å². The number of hydrogen-bond acceptors (Lipinski definition) is 4. The number of benzene rings is 3. The Kier molecular flexibility index (Phi) is 4.90. The highest BCUT2D eigenvalue weighted by atomic mass is 32.1. The summed E-state index contributed by atoms with van der Waals surface area (Å²) in [6.45, 7) is 0. The SMILES string of the molecule is CN(C(=O)Nc1ncc(Oc2cccc(F)c2)s1)c1cccc2ccccc12. The topological polar surface area (TPSA) is 54.5 Å². The zero-order valence-electron chi connectivity index (χ0n) is 14.9. The lowest BCUT2D eigenvalue weighted by Crippen LogP contribution is -2.31. The van der Waals surface area contributed by atoms with Gasteiger partial charge in [-0.15, -0.1) is 0 Å². The van der Waals surface area contributed by atoms with E-state index in [1.165, 1.54) is 23.2 Å². The highest BCUT2D eigenvalue weighted by Crippen LogP contribution is 2.31. The number of nitrogens with zero attached hydrogens (tertiary/aromatic N) is 2. The van der Waals surface area contributed by atoms with Crippen LogP contribution in [0.5, 0.6) is 10.8 Å². The number of ether oxygens (including phenoxy) is 1. The molecule has 0 fully saturated rings. The van der Waals surface area contributed by atoms with Crippen molar-refractivity contribution in [2.75, 3.05) is 17.3 Å². The third-order valence-electron chi connectivity index (χ3n) is 4.15. The van der Waals surface area contributed by atoms with E-state index in [2.05, 4.69) is 10.3 Å². The number of amides is 2. The minimum atomic E-state index is -0.382. The number of halogens is 1. The van der Waals surface area contributed by atoms with Crippen molar-refractivity contribution in [3.05, 3.63) is 78.7 Å². The van der Waals surface area contributed by atoms with Crippen LogP contribution in [0.3, 0.4) is 0 Å². The molecule has 0 aliphatic rings. The Morgan fingerprint density at radius 1 is 1.11 bits per heavy atom. The predicted molar refractivity (Wildman–Crippen MR) is 110 cm³/mol. The lowest BCUT2D eigenvalue weighted by Gasteiger charge is -2.19. The zero-order chi connectivity index (χ0) is 19.5. The molecule has 4 aromatic rings. The monoisotopic (exact) mass is 393 g/mol. The van der Waals surface area contributed by atoms with E-state index in [1.807, 2.05) is 42.5 Å². The van der Waals surface area contributed by atoms with Crippen LogP contribution < -0.4 is 15.0 Å². The molecule has 4 rings (SSSR count). The Morgan fingerprint density at radius 3 is 2.75 bits per heavy atom. The predicted octanol–water partition coefficient (Wildman–Crippen LogP) is 5.90. The van der Waals surface area contributed by atoms with E-state index in [-0.39, 0.29) is 11.8 Å². The smallest absolute Gasteiger partial charge is 0.327 e. The third kappa shape index (κ3) is 3.79. The number of urea groups is 1. The second-order valence-electron chi connectivity index (χ2n) is 6.03. The summed E-state index contributed by atoms with van der Waals surface area (Å²) >= 11 is 1.16. The highest BCUT2D eigenvalue weighted by Gasteiger charge is 2.15. The van der Waals surface area contributed by atoms with Crippen LogP contribution in [0.1, 0.15) is 0 Å². The average molecular weight is 393 g/mol. The molecule has 0 bridgehead atoms. The van der Waals surface area contributed by atoms with Crippen LogP contribution in [0.2, 0.25) is 0 Å². The Bertz CT molecular complexity index is 1140. The van der Waals surface area contributed by atoms with Crippen LogP contribution in [0.15, 0.2) is 72.9 Å². The molecule has 0 spiro atoms. The lowest BCUT2D eigenvalue weighted by atomic mass is 10.1. The second kappa shape index (κ2) is 7.66. The lowest BCUT2D eigenvalue weighted by molar-refractivity contribution is 0.258. The summed E-state index contributed by atoms with van der Waals surface area (Å²) in [4.78, 5) is 18.4. The molecule has 0 aliphatic heterocycles. The fraction of sp³-hybridized carbons (Fsp3) is 0.0476. The minimum Gasteiger partial charge on any atom is -0.445 e. The number of aromatic nitrogens is 1. The Hall–Kier alpha value is -3.45. The first-order valence-electron chi connectivity index (χ1n) is 8.52. The number of fused-ring (bicyclic) bond motifs is 1. The maximum atomic E-state index is 13.3. The average Bonchev–Trinajstić information content (AvgIpc) is 3.13. The van der Waals surface area contributed by atoms with Gasteiger partial charge in [0.2, 0.25) is 5.06 Å². The quantitative estimate of drug-likeness (QED) is 0.470. The Balaban J connectivity index is 1.48. The second-order valence-corrected chi connectivity index (χ2v) is 7.02. The van der Waals surface area contributed by atoms with Gasteiger partial charge >= 0.3 is 6.03 Å². The molecule has 0 unspecified atom stereocenters. The summed E-state index contributed by atoms with van der Waals surface area (Å²) in [5, 5.41) is 5.65. The van der Waals surface area contributed by atoms with Gasteiger partial charge in [-0.05, 0) is 23.6 Å². The highest BCUT2D eigenvalue weighted by molar-refractivity contribution is 7.17. The molecular formula is C21H16FN3O2S. The first-order chi connectivity index (χ1) is 13.6. The summed E-state index contributed by atoms with van der Waals surface area (Å²) in [5.41, 5.74) is 0.795. The van der Waals surface area contributed by atoms with Crippen molar-refractivity contribution in [1.82, 2.24) is 4.98 Å². The van der Waals surface area contributed by atoms with Crippen molar-refractivity contribution in [1.29, 1.82) is 0 Å². The molecule has 140 valence electrons. The normalized spacial score (nSPS) is 10.6. The standard InChI is InChI=1S/C21H16FN3O2S/c1-25(18-11-4-7-14-6-2-3-10-17(14)18)21(26)24-20-23-13-19(28-20)27-16-9-5-8-15(22)12-16/h2-13H,1H3,(H,23,24,26). The van der Waals surface area contributed by atoms with Gasteiger partial charge in [-0.1, -0.05) is 53.8 Å². The van der Waals surface area contributed by atoms with Gasteiger partial charge in [-0.25, -0.2) is 14.2 Å². The van der Waals surface area contributed by atoms with Gasteiger partial charge in [0.1, 0.15) is 11.6 Å². The Labute approximate surface area is 165 Å². The number of rotatable bonds is 4. The summed E-state index contributed by atoms with van der Waals surface area (Å²) in [6.07, 6.45) is 1.49. The summed E-state index contributed by atoms with van der Waals surface area (Å²) in [5.74, 6) is -0.0124. The molecule has 1 N–H and O–H groups in total. The van der Waals surface area contributed by atoms with Gasteiger partial charge in [0, 0.05) is 18.5 Å². The molecular weight excluding hydrogens is 377 g/mol. The van der Waals surface area contributed by atoms with E-state index in [0.29, 0.717) is 15.9 Å². The van der Waals surface area contributed by atoms with Crippen molar-refractivity contribution in [3.63, 3.8) is 0 Å². The summed E-state index contributed by atoms with van der Waals surface area (Å²) in [7, 11) is 1.70. The molecule has 3 aromatic carbocycles. The van der Waals surface area contributed by atoms with E-state index in [9.17, 15) is 9.18 Å². The van der Waals surface area contributed by atoms with Crippen molar-refractivity contribution in [3.8, 4) is 10.8 Å². The van der Waals surface area contributed by atoms with E-state index in [1.54, 1.807) is 19.2 Å². The van der Waals surface area contributed by atoms with Gasteiger partial charge in [-0.2, -0.15) is 0 Å². The largest absolute Gasteiger partial charge is 0.445 e. The fourth-order valence-electron chi connectivity index (χ4n) is 2.80. The maximum absolute atomic E-state index is 13.3. The van der Waals surface area contributed by atoms with Crippen LogP contribution in [0, 0.1) is 5.82 Å². The van der Waals surface area contributed by atoms with Crippen molar-refractivity contribution >= 4 is 39.0 Å². The van der Waals surface area contributed by atoms with Crippen LogP contribution in [-0.4, -0.2) is 18.1 Å². The van der Waals surface area contributed by atoms with E-state index >= 15 is 0 Å². The van der Waals surface area contributed by atoms with E-state index in [4.69, 9.17) is 4.74 Å². The molecule has 0 radical (unpaired) electrons. The van der Waals surface area contributed by atoms with Gasteiger partial charge in [0.15, 0.2) is 5.13 Å². The zero-order valence-corrected chi connectivity index (χ0v) is 15.7. The molecule has 2 amide bonds. The van der Waals surface area contributed by atoms with Crippen LogP contribution >= 0.6 is 11.3 Å². The molecule has 7 heteroatoms. The van der Waals surface area contributed by atoms with Gasteiger partial charge in [-0.3, -0.25) is 10.2 Å². The number of thiazole rings is 1. The number of anilines is 2. The van der Waals surface area contributed by atoms with E-state index in [0.717, 1.165) is 27.8 Å². The Morgan fingerprint density at radius 2 is 1.89 bits per heavy atom. The first kappa shape index (κ1) is 17.9. The van der Waals surface area contributed by atoms with Crippen LogP contribution in [0.25, 0.3) is 10.8 Å². The van der Waals surface area contributed by atoms with Crippen LogP contribution in [0.4, 0.5) is 20.0 Å². The summed E-state index contributed by atoms with van der Waals surface area (Å²) < 4.78 is 18.8. The van der Waals surface area contributed by atoms with Crippen LogP contribution in [-0.2, 0) is 0 Å². The number of carbonyl (C=O) groups is 1. The molecule has 0 aliphatic carbocycles. The van der Waals surface area contributed by atoms with E-state index < -0.39 is 0 Å². The molecule has 1 aromatic heterocycles. The number of hydrogen-bond donors (Lipinski definition) is 1. The minimum absolute atomic E-state index is 0.317. The fourth-order valence-corrected chi connectivity index (χ4v) is 3.47. The van der Waals surface area contributed by atoms with Crippen molar-refractivity contribution in [2.45, 2.75) is 0 Å². The molecule has 0 atom stereocenters. The maximum Gasteiger partial charge on any atom is 0.327 e. The van der Waals surface area contributed by atoms with Gasteiger partial charge < -0.3 is 4.74 Å². The number of carbonyl (C=O) groups excluding carboxylic acids is 1. The molecule has 0 saturated carbocycles. The summed E-state index contributed by atoms with van der Waals surface area (Å²) in [6, 6.07) is 19.2. The van der Waals surface area contributed by atoms with Gasteiger partial charge in [0.25, 0.3) is 0 Å².